The number of benzene rings is 1. The molecule has 6 nitrogen and oxygen atoms in total. The molecular formula is C14H17ClN3O3S+. The Labute approximate surface area is 134 Å². The van der Waals surface area contributed by atoms with Crippen LogP contribution >= 0.6 is 11.6 Å². The molecule has 2 rings (SSSR count). The van der Waals surface area contributed by atoms with Gasteiger partial charge < -0.3 is 10.2 Å². The van der Waals surface area contributed by atoms with Crippen LogP contribution < -0.4 is 10.2 Å². The van der Waals surface area contributed by atoms with Crippen molar-refractivity contribution in [2.24, 2.45) is 0 Å². The topological polar surface area (TPSA) is 91.5 Å². The number of anilines is 1. The fourth-order valence-electron chi connectivity index (χ4n) is 2.49. The molecule has 1 aliphatic heterocycles. The predicted octanol–water partition coefficient (Wildman–Crippen LogP) is -0.148. The first-order valence-corrected chi connectivity index (χ1v) is 9.03. The molecule has 1 unspecified atom stereocenters. The van der Waals surface area contributed by atoms with Gasteiger partial charge in [0.2, 0.25) is 0 Å². The number of carbonyl (C=O) groups excluding carboxylic acids is 1. The molecule has 22 heavy (non-hydrogen) atoms. The van der Waals surface area contributed by atoms with Crippen molar-refractivity contribution in [1.82, 2.24) is 0 Å². The molecule has 8 heteroatoms. The van der Waals surface area contributed by atoms with Crippen molar-refractivity contribution < 1.29 is 18.1 Å². The molecule has 2 atom stereocenters. The van der Waals surface area contributed by atoms with Crippen molar-refractivity contribution in [2.75, 3.05) is 30.4 Å². The van der Waals surface area contributed by atoms with E-state index < -0.39 is 9.84 Å². The van der Waals surface area contributed by atoms with Crippen molar-refractivity contribution in [3.05, 3.63) is 28.8 Å². The summed E-state index contributed by atoms with van der Waals surface area (Å²) in [6.45, 7) is 0.136. The third-order valence-corrected chi connectivity index (χ3v) is 5.75. The van der Waals surface area contributed by atoms with E-state index in [0.29, 0.717) is 22.7 Å². The molecule has 1 heterocycles. The summed E-state index contributed by atoms with van der Waals surface area (Å²) in [5.41, 5.74) is 0.700. The van der Waals surface area contributed by atoms with E-state index in [4.69, 9.17) is 16.9 Å². The second-order valence-electron chi connectivity index (χ2n) is 5.47. The molecule has 1 aliphatic rings. The number of sulfone groups is 1. The van der Waals surface area contributed by atoms with Crippen LogP contribution in [0.3, 0.4) is 0 Å². The Bertz CT molecular complexity index is 727. The molecule has 0 bridgehead atoms. The first-order chi connectivity index (χ1) is 10.3. The van der Waals surface area contributed by atoms with Gasteiger partial charge in [-0.1, -0.05) is 11.6 Å². The Kier molecular flexibility index (Phi) is 5.06. The van der Waals surface area contributed by atoms with Gasteiger partial charge in [-0.05, 0) is 18.2 Å². The van der Waals surface area contributed by atoms with E-state index in [2.05, 4.69) is 5.32 Å². The second-order valence-corrected chi connectivity index (χ2v) is 8.14. The van der Waals surface area contributed by atoms with Crippen molar-refractivity contribution in [3.63, 3.8) is 0 Å². The summed E-state index contributed by atoms with van der Waals surface area (Å²) in [4.78, 5) is 12.9. The Balaban J connectivity index is 1.99. The van der Waals surface area contributed by atoms with E-state index in [-0.39, 0.29) is 30.0 Å². The lowest BCUT2D eigenvalue weighted by atomic mass is 10.2. The van der Waals surface area contributed by atoms with Gasteiger partial charge in [0.1, 0.15) is 17.9 Å². The first kappa shape index (κ1) is 16.7. The number of halogens is 1. The summed E-state index contributed by atoms with van der Waals surface area (Å²) in [5, 5.41) is 12.1. The minimum atomic E-state index is -2.96. The fraction of sp³-hybridized carbons (Fsp3) is 0.429. The van der Waals surface area contributed by atoms with E-state index in [1.54, 1.807) is 13.1 Å². The highest BCUT2D eigenvalue weighted by atomic mass is 35.5. The van der Waals surface area contributed by atoms with Gasteiger partial charge in [-0.25, -0.2) is 8.42 Å². The zero-order chi connectivity index (χ0) is 16.3. The van der Waals surface area contributed by atoms with Gasteiger partial charge in [-0.2, -0.15) is 5.26 Å². The number of quaternary nitrogens is 1. The molecule has 1 aromatic carbocycles. The largest absolute Gasteiger partial charge is 0.326 e. The van der Waals surface area contributed by atoms with Gasteiger partial charge >= 0.3 is 0 Å². The molecular weight excluding hydrogens is 326 g/mol. The van der Waals surface area contributed by atoms with Gasteiger partial charge in [0, 0.05) is 11.4 Å². The van der Waals surface area contributed by atoms with Gasteiger partial charge in [-0.3, -0.25) is 4.79 Å². The highest BCUT2D eigenvalue weighted by Gasteiger charge is 2.34. The molecule has 1 aromatic rings. The summed E-state index contributed by atoms with van der Waals surface area (Å²) < 4.78 is 23.0. The standard InChI is InChI=1S/C14H16ClN3O3S/c1-18(12-4-5-22(20,21)9-12)8-14(19)17-13-6-11(15)3-2-10(13)7-16/h2-3,6,12H,4-5,8-9H2,1H3,(H,17,19)/p+1/t12-/m0/s1. The molecule has 0 aliphatic carbocycles. The van der Waals surface area contributed by atoms with Crippen molar-refractivity contribution in [1.29, 1.82) is 5.26 Å². The van der Waals surface area contributed by atoms with Crippen LogP contribution in [0.4, 0.5) is 5.69 Å². The lowest BCUT2D eigenvalue weighted by molar-refractivity contribution is -0.894. The van der Waals surface area contributed by atoms with Crippen LogP contribution in [-0.2, 0) is 14.6 Å². The van der Waals surface area contributed by atoms with Crippen molar-refractivity contribution in [3.8, 4) is 6.07 Å². The number of rotatable bonds is 4. The average Bonchev–Trinajstić information content (AvgIpc) is 2.79. The third-order valence-electron chi connectivity index (χ3n) is 3.74. The highest BCUT2D eigenvalue weighted by Crippen LogP contribution is 2.20. The van der Waals surface area contributed by atoms with Crippen molar-refractivity contribution in [2.45, 2.75) is 12.5 Å². The molecule has 1 saturated heterocycles. The number of nitriles is 1. The SMILES string of the molecule is C[NH+](CC(=O)Nc1cc(Cl)ccc1C#N)[C@H]1CCS(=O)(=O)C1. The Morgan fingerprint density at radius 2 is 2.27 bits per heavy atom. The van der Waals surface area contributed by atoms with Crippen molar-refractivity contribution >= 4 is 33.0 Å². The Morgan fingerprint density at radius 3 is 2.86 bits per heavy atom. The number of carbonyl (C=O) groups is 1. The van der Waals surface area contributed by atoms with E-state index in [0.717, 1.165) is 4.90 Å². The van der Waals surface area contributed by atoms with Crippen LogP contribution in [0.1, 0.15) is 12.0 Å². The summed E-state index contributed by atoms with van der Waals surface area (Å²) in [7, 11) is -1.16. The van der Waals surface area contributed by atoms with Crippen LogP contribution in [0.5, 0.6) is 0 Å². The lowest BCUT2D eigenvalue weighted by Gasteiger charge is -2.19. The number of hydrogen-bond donors (Lipinski definition) is 2. The number of amides is 1. The van der Waals surface area contributed by atoms with E-state index in [9.17, 15) is 13.2 Å². The summed E-state index contributed by atoms with van der Waals surface area (Å²) in [5.74, 6) is 0.0246. The quantitative estimate of drug-likeness (QED) is 0.796. The Morgan fingerprint density at radius 1 is 1.55 bits per heavy atom. The maximum absolute atomic E-state index is 12.1. The summed E-state index contributed by atoms with van der Waals surface area (Å²) in [6, 6.07) is 6.56. The fourth-order valence-corrected chi connectivity index (χ4v) is 4.54. The molecule has 0 radical (unpaired) electrons. The van der Waals surface area contributed by atoms with Crippen LogP contribution in [0.15, 0.2) is 18.2 Å². The maximum Gasteiger partial charge on any atom is 0.279 e. The average molecular weight is 343 g/mol. The van der Waals surface area contributed by atoms with E-state index >= 15 is 0 Å². The minimum absolute atomic E-state index is 0.0643. The maximum atomic E-state index is 12.1. The van der Waals surface area contributed by atoms with Crippen LogP contribution in [0, 0.1) is 11.3 Å². The van der Waals surface area contributed by atoms with Crippen LogP contribution in [0.25, 0.3) is 0 Å². The highest BCUT2D eigenvalue weighted by molar-refractivity contribution is 7.91. The third kappa shape index (κ3) is 4.19. The zero-order valence-electron chi connectivity index (χ0n) is 12.1. The lowest BCUT2D eigenvalue weighted by Crippen LogP contribution is -3.14. The van der Waals surface area contributed by atoms with E-state index in [1.807, 2.05) is 6.07 Å². The predicted molar refractivity (Wildman–Crippen MR) is 83.6 cm³/mol. The number of hydrogen-bond acceptors (Lipinski definition) is 4. The number of likely N-dealkylation sites (N-methyl/N-ethyl adjacent to an activating group) is 1. The molecule has 0 saturated carbocycles. The number of nitrogens with zero attached hydrogens (tertiary/aromatic N) is 1. The van der Waals surface area contributed by atoms with Crippen LogP contribution in [0.2, 0.25) is 5.02 Å². The molecule has 118 valence electrons. The van der Waals surface area contributed by atoms with Gasteiger partial charge in [0.05, 0.1) is 24.1 Å². The minimum Gasteiger partial charge on any atom is -0.326 e. The second kappa shape index (κ2) is 6.65. The Hall–Kier alpha value is -1.62. The zero-order valence-corrected chi connectivity index (χ0v) is 13.7. The van der Waals surface area contributed by atoms with Gasteiger partial charge in [0.15, 0.2) is 16.4 Å². The molecule has 0 spiro atoms. The summed E-state index contributed by atoms with van der Waals surface area (Å²) in [6.07, 6.45) is 0.571. The normalized spacial score (nSPS) is 21.0. The molecule has 1 fully saturated rings. The molecule has 0 aromatic heterocycles. The van der Waals surface area contributed by atoms with Gasteiger partial charge in [0.25, 0.3) is 5.91 Å². The first-order valence-electron chi connectivity index (χ1n) is 6.83. The smallest absolute Gasteiger partial charge is 0.279 e. The number of nitrogens with one attached hydrogen (secondary N) is 2. The molecule has 1 amide bonds. The van der Waals surface area contributed by atoms with Crippen LogP contribution in [-0.4, -0.2) is 45.5 Å². The van der Waals surface area contributed by atoms with E-state index in [1.165, 1.54) is 12.1 Å². The molecule has 2 N–H and O–H groups in total. The summed E-state index contributed by atoms with van der Waals surface area (Å²) >= 11 is 5.87. The van der Waals surface area contributed by atoms with Gasteiger partial charge in [-0.15, -0.1) is 0 Å². The monoisotopic (exact) mass is 342 g/mol.